The summed E-state index contributed by atoms with van der Waals surface area (Å²) in [6.07, 6.45) is 0. The zero-order valence-electron chi connectivity index (χ0n) is 10.9. The molecule has 1 N–H and O–H groups in total. The SMILES string of the molecule is Cc1cc(NC(=O)c2cccc(F)c2Br)ccc1[N+](=O)[O-]. The second-order valence-electron chi connectivity index (χ2n) is 4.31. The van der Waals surface area contributed by atoms with Gasteiger partial charge < -0.3 is 5.32 Å². The molecule has 21 heavy (non-hydrogen) atoms. The molecule has 0 bridgehead atoms. The molecule has 2 aromatic rings. The van der Waals surface area contributed by atoms with Gasteiger partial charge in [0.2, 0.25) is 0 Å². The zero-order chi connectivity index (χ0) is 15.6. The molecule has 2 rings (SSSR count). The molecule has 2 aromatic carbocycles. The van der Waals surface area contributed by atoms with Gasteiger partial charge in [-0.1, -0.05) is 6.07 Å². The molecule has 0 aromatic heterocycles. The number of rotatable bonds is 3. The summed E-state index contributed by atoms with van der Waals surface area (Å²) in [7, 11) is 0. The Balaban J connectivity index is 2.26. The van der Waals surface area contributed by atoms with Crippen molar-refractivity contribution in [3.8, 4) is 0 Å². The van der Waals surface area contributed by atoms with E-state index in [1.165, 1.54) is 36.4 Å². The molecule has 0 radical (unpaired) electrons. The number of anilines is 1. The van der Waals surface area contributed by atoms with E-state index < -0.39 is 16.6 Å². The number of amides is 1. The normalized spacial score (nSPS) is 10.2. The molecular weight excluding hydrogens is 343 g/mol. The molecule has 0 aliphatic rings. The summed E-state index contributed by atoms with van der Waals surface area (Å²) in [4.78, 5) is 22.3. The van der Waals surface area contributed by atoms with Gasteiger partial charge in [-0.3, -0.25) is 14.9 Å². The topological polar surface area (TPSA) is 72.2 Å². The number of nitrogens with zero attached hydrogens (tertiary/aromatic N) is 1. The van der Waals surface area contributed by atoms with E-state index in [4.69, 9.17) is 0 Å². The number of aryl methyl sites for hydroxylation is 1. The minimum atomic E-state index is -0.539. The van der Waals surface area contributed by atoms with Gasteiger partial charge in [0, 0.05) is 17.3 Å². The van der Waals surface area contributed by atoms with Gasteiger partial charge in [0.25, 0.3) is 11.6 Å². The molecule has 0 aliphatic carbocycles. The van der Waals surface area contributed by atoms with E-state index in [1.807, 2.05) is 0 Å². The van der Waals surface area contributed by atoms with Crippen LogP contribution < -0.4 is 5.32 Å². The third-order valence-corrected chi connectivity index (χ3v) is 3.65. The molecular formula is C14H10BrFN2O3. The Kier molecular flexibility index (Phi) is 4.32. The summed E-state index contributed by atoms with van der Waals surface area (Å²) >= 11 is 3.01. The molecule has 0 fully saturated rings. The van der Waals surface area contributed by atoms with E-state index in [9.17, 15) is 19.3 Å². The average Bonchev–Trinajstić information content (AvgIpc) is 2.41. The molecule has 7 heteroatoms. The van der Waals surface area contributed by atoms with Crippen molar-refractivity contribution in [2.45, 2.75) is 6.92 Å². The van der Waals surface area contributed by atoms with Crippen LogP contribution in [0.5, 0.6) is 0 Å². The number of halogens is 2. The number of hydrogen-bond acceptors (Lipinski definition) is 3. The molecule has 1 amide bonds. The quantitative estimate of drug-likeness (QED) is 0.668. The highest BCUT2D eigenvalue weighted by Gasteiger charge is 2.15. The lowest BCUT2D eigenvalue weighted by Gasteiger charge is -2.08. The van der Waals surface area contributed by atoms with Crippen LogP contribution in [0, 0.1) is 22.9 Å². The molecule has 0 unspecified atom stereocenters. The summed E-state index contributed by atoms with van der Waals surface area (Å²) in [6.45, 7) is 1.58. The van der Waals surface area contributed by atoms with Crippen LogP contribution in [0.4, 0.5) is 15.8 Å². The highest BCUT2D eigenvalue weighted by atomic mass is 79.9. The maximum absolute atomic E-state index is 13.4. The lowest BCUT2D eigenvalue weighted by Crippen LogP contribution is -2.13. The average molecular weight is 353 g/mol. The smallest absolute Gasteiger partial charge is 0.272 e. The number of carbonyl (C=O) groups excluding carboxylic acids is 1. The van der Waals surface area contributed by atoms with E-state index in [0.717, 1.165) is 0 Å². The Morgan fingerprint density at radius 2 is 2.05 bits per heavy atom. The van der Waals surface area contributed by atoms with Crippen molar-refractivity contribution in [3.63, 3.8) is 0 Å². The van der Waals surface area contributed by atoms with Crippen molar-refractivity contribution in [3.05, 3.63) is 67.9 Å². The second-order valence-corrected chi connectivity index (χ2v) is 5.11. The molecule has 0 aliphatic heterocycles. The first-order chi connectivity index (χ1) is 9.90. The van der Waals surface area contributed by atoms with E-state index in [2.05, 4.69) is 21.2 Å². The predicted molar refractivity (Wildman–Crippen MR) is 79.9 cm³/mol. The van der Waals surface area contributed by atoms with Gasteiger partial charge in [-0.2, -0.15) is 0 Å². The molecule has 0 spiro atoms. The van der Waals surface area contributed by atoms with Crippen LogP contribution in [0.2, 0.25) is 0 Å². The lowest BCUT2D eigenvalue weighted by atomic mass is 10.1. The van der Waals surface area contributed by atoms with Crippen LogP contribution in [0.15, 0.2) is 40.9 Å². The summed E-state index contributed by atoms with van der Waals surface area (Å²) < 4.78 is 13.5. The molecule has 0 heterocycles. The monoisotopic (exact) mass is 352 g/mol. The summed E-state index contributed by atoms with van der Waals surface area (Å²) in [5, 5.41) is 13.3. The number of hydrogen-bond donors (Lipinski definition) is 1. The Labute approximate surface area is 128 Å². The van der Waals surface area contributed by atoms with Crippen molar-refractivity contribution >= 4 is 33.2 Å². The summed E-state index contributed by atoms with van der Waals surface area (Å²) in [6, 6.07) is 8.36. The summed E-state index contributed by atoms with van der Waals surface area (Å²) in [5.41, 5.74) is 0.946. The molecule has 0 saturated carbocycles. The van der Waals surface area contributed by atoms with Crippen LogP contribution in [0.1, 0.15) is 15.9 Å². The van der Waals surface area contributed by atoms with Crippen LogP contribution in [-0.2, 0) is 0 Å². The number of benzene rings is 2. The van der Waals surface area contributed by atoms with Gasteiger partial charge in [0.15, 0.2) is 0 Å². The van der Waals surface area contributed by atoms with Crippen LogP contribution in [0.3, 0.4) is 0 Å². The fraction of sp³-hybridized carbons (Fsp3) is 0.0714. The third-order valence-electron chi connectivity index (χ3n) is 2.85. The first-order valence-corrected chi connectivity index (χ1v) is 6.70. The Hall–Kier alpha value is -2.28. The van der Waals surface area contributed by atoms with Crippen molar-refractivity contribution in [2.24, 2.45) is 0 Å². The van der Waals surface area contributed by atoms with Crippen LogP contribution >= 0.6 is 15.9 Å². The minimum absolute atomic E-state index is 0.0278. The van der Waals surface area contributed by atoms with Crippen molar-refractivity contribution < 1.29 is 14.1 Å². The molecule has 5 nitrogen and oxygen atoms in total. The van der Waals surface area contributed by atoms with Crippen LogP contribution in [0.25, 0.3) is 0 Å². The fourth-order valence-corrected chi connectivity index (χ4v) is 2.26. The highest BCUT2D eigenvalue weighted by Crippen LogP contribution is 2.24. The molecule has 0 saturated heterocycles. The van der Waals surface area contributed by atoms with Crippen molar-refractivity contribution in [1.29, 1.82) is 0 Å². The molecule has 108 valence electrons. The van der Waals surface area contributed by atoms with Gasteiger partial charge in [-0.15, -0.1) is 0 Å². The maximum atomic E-state index is 13.4. The largest absolute Gasteiger partial charge is 0.322 e. The Morgan fingerprint density at radius 1 is 1.33 bits per heavy atom. The third kappa shape index (κ3) is 3.25. The number of nitrogens with one attached hydrogen (secondary N) is 1. The fourth-order valence-electron chi connectivity index (χ4n) is 1.82. The van der Waals surface area contributed by atoms with E-state index in [-0.39, 0.29) is 15.7 Å². The molecule has 0 atom stereocenters. The van der Waals surface area contributed by atoms with E-state index in [0.29, 0.717) is 11.3 Å². The first-order valence-electron chi connectivity index (χ1n) is 5.90. The van der Waals surface area contributed by atoms with Crippen LogP contribution in [-0.4, -0.2) is 10.8 Å². The Morgan fingerprint density at radius 3 is 2.67 bits per heavy atom. The van der Waals surface area contributed by atoms with Gasteiger partial charge in [0.1, 0.15) is 5.82 Å². The standard InChI is InChI=1S/C14H10BrFN2O3/c1-8-7-9(5-6-12(8)18(20)21)17-14(19)10-3-2-4-11(16)13(10)15/h2-7H,1H3,(H,17,19). The predicted octanol–water partition coefficient (Wildman–Crippen LogP) is 4.06. The maximum Gasteiger partial charge on any atom is 0.272 e. The number of nitro groups is 1. The lowest BCUT2D eigenvalue weighted by molar-refractivity contribution is -0.385. The van der Waals surface area contributed by atoms with Gasteiger partial charge in [0.05, 0.1) is 15.0 Å². The first kappa shape index (κ1) is 15.1. The van der Waals surface area contributed by atoms with Crippen molar-refractivity contribution in [1.82, 2.24) is 0 Å². The summed E-state index contributed by atoms with van der Waals surface area (Å²) in [5.74, 6) is -1.04. The van der Waals surface area contributed by atoms with Gasteiger partial charge >= 0.3 is 0 Å². The van der Waals surface area contributed by atoms with E-state index >= 15 is 0 Å². The van der Waals surface area contributed by atoms with Gasteiger partial charge in [-0.25, -0.2) is 4.39 Å². The number of carbonyl (C=O) groups is 1. The highest BCUT2D eigenvalue weighted by molar-refractivity contribution is 9.10. The van der Waals surface area contributed by atoms with E-state index in [1.54, 1.807) is 6.92 Å². The van der Waals surface area contributed by atoms with Crippen molar-refractivity contribution in [2.75, 3.05) is 5.32 Å². The second kappa shape index (κ2) is 6.01. The minimum Gasteiger partial charge on any atom is -0.322 e. The van der Waals surface area contributed by atoms with Gasteiger partial charge in [-0.05, 0) is 47.1 Å². The Bertz CT molecular complexity index is 734. The zero-order valence-corrected chi connectivity index (χ0v) is 12.5. The number of nitro benzene ring substituents is 1.